The quantitative estimate of drug-likeness (QED) is 0.726. The van der Waals surface area contributed by atoms with Gasteiger partial charge in [0.05, 0.1) is 17.0 Å². The fourth-order valence-electron chi connectivity index (χ4n) is 3.38. The van der Waals surface area contributed by atoms with Crippen LogP contribution >= 0.6 is 0 Å². The van der Waals surface area contributed by atoms with Gasteiger partial charge in [0.15, 0.2) is 5.43 Å². The first-order chi connectivity index (χ1) is 11.6. The summed E-state index contributed by atoms with van der Waals surface area (Å²) in [6.07, 6.45) is 0.841. The van der Waals surface area contributed by atoms with Crippen molar-refractivity contribution >= 4 is 16.9 Å². The van der Waals surface area contributed by atoms with Gasteiger partial charge in [-0.1, -0.05) is 43.3 Å². The van der Waals surface area contributed by atoms with E-state index < -0.39 is 6.04 Å². The van der Waals surface area contributed by atoms with Crippen LogP contribution in [-0.4, -0.2) is 17.9 Å². The smallest absolute Gasteiger partial charge is 0.290 e. The van der Waals surface area contributed by atoms with E-state index in [1.54, 1.807) is 18.0 Å². The third-order valence-electron chi connectivity index (χ3n) is 4.69. The van der Waals surface area contributed by atoms with Crippen molar-refractivity contribution in [2.75, 3.05) is 7.05 Å². The van der Waals surface area contributed by atoms with E-state index in [-0.39, 0.29) is 17.1 Å². The average Bonchev–Trinajstić information content (AvgIpc) is 2.87. The molecule has 4 heteroatoms. The Bertz CT molecular complexity index is 1000. The first-order valence-corrected chi connectivity index (χ1v) is 8.03. The number of amides is 1. The molecule has 1 atom stereocenters. The fraction of sp³-hybridized carbons (Fsp3) is 0.200. The highest BCUT2D eigenvalue weighted by Gasteiger charge is 2.40. The largest absolute Gasteiger partial charge is 0.450 e. The molecule has 120 valence electrons. The average molecular weight is 319 g/mol. The van der Waals surface area contributed by atoms with Gasteiger partial charge in [-0.05, 0) is 29.7 Å². The molecule has 0 N–H and O–H groups in total. The minimum absolute atomic E-state index is 0.117. The minimum Gasteiger partial charge on any atom is -0.450 e. The van der Waals surface area contributed by atoms with Gasteiger partial charge < -0.3 is 9.32 Å². The number of fused-ring (bicyclic) bond motifs is 2. The minimum atomic E-state index is -0.403. The van der Waals surface area contributed by atoms with Gasteiger partial charge in [-0.15, -0.1) is 0 Å². The highest BCUT2D eigenvalue weighted by atomic mass is 16.3. The SMILES string of the molecule is CCc1ccc2oc3c(c(=O)c2c1)C(c1ccccc1)N(C)C3=O. The summed E-state index contributed by atoms with van der Waals surface area (Å²) < 4.78 is 5.83. The van der Waals surface area contributed by atoms with Gasteiger partial charge in [-0.25, -0.2) is 0 Å². The standard InChI is InChI=1S/C20H17NO3/c1-3-12-9-10-15-14(11-12)18(22)16-17(13-7-5-4-6-8-13)21(2)20(23)19(16)24-15/h4-11,17H,3H2,1-2H3. The second kappa shape index (κ2) is 5.34. The molecule has 1 unspecified atom stereocenters. The van der Waals surface area contributed by atoms with E-state index in [9.17, 15) is 9.59 Å². The zero-order chi connectivity index (χ0) is 16.8. The van der Waals surface area contributed by atoms with Crippen LogP contribution in [0, 0.1) is 0 Å². The molecule has 2 aromatic carbocycles. The second-order valence-corrected chi connectivity index (χ2v) is 6.09. The lowest BCUT2D eigenvalue weighted by Crippen LogP contribution is -2.25. The lowest BCUT2D eigenvalue weighted by atomic mass is 9.98. The molecule has 0 bridgehead atoms. The maximum Gasteiger partial charge on any atom is 0.290 e. The molecule has 0 aliphatic carbocycles. The van der Waals surface area contributed by atoms with E-state index in [0.29, 0.717) is 16.5 Å². The number of nitrogens with zero attached hydrogens (tertiary/aromatic N) is 1. The third kappa shape index (κ3) is 1.99. The zero-order valence-corrected chi connectivity index (χ0v) is 13.6. The van der Waals surface area contributed by atoms with Crippen LogP contribution in [0.3, 0.4) is 0 Å². The summed E-state index contributed by atoms with van der Waals surface area (Å²) in [5.41, 5.74) is 2.77. The summed E-state index contributed by atoms with van der Waals surface area (Å²) in [7, 11) is 1.71. The van der Waals surface area contributed by atoms with Gasteiger partial charge in [0.25, 0.3) is 5.91 Å². The zero-order valence-electron chi connectivity index (χ0n) is 13.6. The molecule has 0 fully saturated rings. The van der Waals surface area contributed by atoms with E-state index in [2.05, 4.69) is 0 Å². The van der Waals surface area contributed by atoms with Gasteiger partial charge in [0.1, 0.15) is 5.58 Å². The van der Waals surface area contributed by atoms with Crippen LogP contribution in [0.1, 0.15) is 40.2 Å². The van der Waals surface area contributed by atoms with Gasteiger partial charge in [-0.3, -0.25) is 9.59 Å². The van der Waals surface area contributed by atoms with Crippen molar-refractivity contribution in [3.8, 4) is 0 Å². The Hall–Kier alpha value is -2.88. The Kier molecular flexibility index (Phi) is 3.27. The van der Waals surface area contributed by atoms with Gasteiger partial charge in [0, 0.05) is 7.05 Å². The highest BCUT2D eigenvalue weighted by Crippen LogP contribution is 2.36. The van der Waals surface area contributed by atoms with Crippen LogP contribution in [0.5, 0.6) is 0 Å². The Balaban J connectivity index is 2.04. The number of carbonyl (C=O) groups is 1. The van der Waals surface area contributed by atoms with Crippen molar-refractivity contribution in [1.82, 2.24) is 4.90 Å². The molecule has 0 saturated heterocycles. The van der Waals surface area contributed by atoms with Gasteiger partial charge in [-0.2, -0.15) is 0 Å². The van der Waals surface area contributed by atoms with Crippen molar-refractivity contribution in [1.29, 1.82) is 0 Å². The van der Waals surface area contributed by atoms with Crippen LogP contribution in [0.2, 0.25) is 0 Å². The van der Waals surface area contributed by atoms with Crippen LogP contribution in [0.15, 0.2) is 57.7 Å². The predicted octanol–water partition coefficient (Wildman–Crippen LogP) is 3.53. The maximum absolute atomic E-state index is 13.1. The van der Waals surface area contributed by atoms with Crippen LogP contribution < -0.4 is 5.43 Å². The molecule has 0 radical (unpaired) electrons. The second-order valence-electron chi connectivity index (χ2n) is 6.09. The number of benzene rings is 2. The number of hydrogen-bond acceptors (Lipinski definition) is 3. The summed E-state index contributed by atoms with van der Waals surface area (Å²) >= 11 is 0. The number of carbonyl (C=O) groups excluding carboxylic acids is 1. The molecule has 4 rings (SSSR count). The molecular weight excluding hydrogens is 302 g/mol. The third-order valence-corrected chi connectivity index (χ3v) is 4.69. The summed E-state index contributed by atoms with van der Waals surface area (Å²) in [6.45, 7) is 2.04. The van der Waals surface area contributed by atoms with E-state index in [1.807, 2.05) is 49.4 Å². The van der Waals surface area contributed by atoms with E-state index in [1.165, 1.54) is 0 Å². The van der Waals surface area contributed by atoms with E-state index >= 15 is 0 Å². The molecule has 1 aliphatic heterocycles. The number of rotatable bonds is 2. The lowest BCUT2D eigenvalue weighted by molar-refractivity contribution is 0.0771. The summed E-state index contributed by atoms with van der Waals surface area (Å²) in [4.78, 5) is 27.3. The maximum atomic E-state index is 13.1. The van der Waals surface area contributed by atoms with Gasteiger partial charge in [0.2, 0.25) is 5.76 Å². The predicted molar refractivity (Wildman–Crippen MR) is 92.2 cm³/mol. The molecule has 3 aromatic rings. The van der Waals surface area contributed by atoms with Crippen molar-refractivity contribution in [3.63, 3.8) is 0 Å². The Morgan fingerprint density at radius 1 is 1.08 bits per heavy atom. The van der Waals surface area contributed by atoms with Gasteiger partial charge >= 0.3 is 0 Å². The molecule has 24 heavy (non-hydrogen) atoms. The van der Waals surface area contributed by atoms with Crippen LogP contribution in [-0.2, 0) is 6.42 Å². The summed E-state index contributed by atoms with van der Waals surface area (Å²) in [6, 6.07) is 14.7. The highest BCUT2D eigenvalue weighted by molar-refractivity contribution is 5.98. The monoisotopic (exact) mass is 319 g/mol. The van der Waals surface area contributed by atoms with Crippen molar-refractivity contribution < 1.29 is 9.21 Å². The Labute approximate surface area is 139 Å². The van der Waals surface area contributed by atoms with E-state index in [4.69, 9.17) is 4.42 Å². The number of aryl methyl sites for hydroxylation is 1. The summed E-state index contributed by atoms with van der Waals surface area (Å²) in [5, 5.41) is 0.539. The molecule has 0 spiro atoms. The molecular formula is C20H17NO3. The molecule has 1 aliphatic rings. The molecule has 2 heterocycles. The van der Waals surface area contributed by atoms with Crippen molar-refractivity contribution in [2.24, 2.45) is 0 Å². The lowest BCUT2D eigenvalue weighted by Gasteiger charge is -2.20. The van der Waals surface area contributed by atoms with Crippen LogP contribution in [0.4, 0.5) is 0 Å². The molecule has 4 nitrogen and oxygen atoms in total. The van der Waals surface area contributed by atoms with Crippen LogP contribution in [0.25, 0.3) is 11.0 Å². The Morgan fingerprint density at radius 3 is 2.54 bits per heavy atom. The first-order valence-electron chi connectivity index (χ1n) is 8.03. The molecule has 1 aromatic heterocycles. The van der Waals surface area contributed by atoms with E-state index in [0.717, 1.165) is 17.5 Å². The number of hydrogen-bond donors (Lipinski definition) is 0. The normalized spacial score (nSPS) is 16.7. The molecule has 0 saturated carbocycles. The summed E-state index contributed by atoms with van der Waals surface area (Å²) in [5.74, 6) is -0.0921. The fourth-order valence-corrected chi connectivity index (χ4v) is 3.38. The topological polar surface area (TPSA) is 50.5 Å². The molecule has 1 amide bonds. The Morgan fingerprint density at radius 2 is 1.83 bits per heavy atom. The first kappa shape index (κ1) is 14.7. The van der Waals surface area contributed by atoms with Crippen molar-refractivity contribution in [3.05, 3.63) is 81.2 Å². The van der Waals surface area contributed by atoms with Crippen molar-refractivity contribution in [2.45, 2.75) is 19.4 Å².